The van der Waals surface area contributed by atoms with Gasteiger partial charge >= 0.3 is 0 Å². The minimum absolute atomic E-state index is 0.919. The molecule has 0 atom stereocenters. The monoisotopic (exact) mass is 232 g/mol. The molecule has 0 saturated heterocycles. The summed E-state index contributed by atoms with van der Waals surface area (Å²) in [7, 11) is 0. The zero-order valence-corrected chi connectivity index (χ0v) is 10.3. The lowest BCUT2D eigenvalue weighted by Crippen LogP contribution is -2.18. The summed E-state index contributed by atoms with van der Waals surface area (Å²) in [4.78, 5) is 0. The molecule has 0 fully saturated rings. The Labute approximate surface area is 102 Å². The first kappa shape index (κ1) is 11.9. The molecule has 0 aromatic carbocycles. The van der Waals surface area contributed by atoms with Gasteiger partial charge in [0.15, 0.2) is 0 Å². The topological polar surface area (TPSA) is 34.8 Å². The van der Waals surface area contributed by atoms with Crippen LogP contribution in [0, 0.1) is 0 Å². The first-order chi connectivity index (χ1) is 8.40. The van der Waals surface area contributed by atoms with Gasteiger partial charge in [-0.1, -0.05) is 6.92 Å². The molecule has 0 saturated carbocycles. The largest absolute Gasteiger partial charge is 0.348 e. The van der Waals surface area contributed by atoms with E-state index in [2.05, 4.69) is 40.2 Å². The minimum Gasteiger partial charge on any atom is -0.348 e. The molecule has 4 heteroatoms. The van der Waals surface area contributed by atoms with Crippen molar-refractivity contribution in [1.29, 1.82) is 0 Å². The predicted molar refractivity (Wildman–Crippen MR) is 68.7 cm³/mol. The van der Waals surface area contributed by atoms with Crippen molar-refractivity contribution in [1.82, 2.24) is 19.7 Å². The molecule has 92 valence electrons. The van der Waals surface area contributed by atoms with E-state index in [0.717, 1.165) is 26.2 Å². The second kappa shape index (κ2) is 6.25. The molecule has 17 heavy (non-hydrogen) atoms. The number of aryl methyl sites for hydroxylation is 2. The molecule has 0 unspecified atom stereocenters. The van der Waals surface area contributed by atoms with Crippen LogP contribution in [0.15, 0.2) is 36.8 Å². The fraction of sp³-hybridized carbons (Fsp3) is 0.462. The van der Waals surface area contributed by atoms with E-state index in [4.69, 9.17) is 0 Å². The van der Waals surface area contributed by atoms with Crippen LogP contribution in [-0.2, 0) is 19.6 Å². The van der Waals surface area contributed by atoms with Crippen LogP contribution in [0.1, 0.15) is 19.0 Å². The Hall–Kier alpha value is -1.55. The lowest BCUT2D eigenvalue weighted by molar-refractivity contribution is 0.515. The summed E-state index contributed by atoms with van der Waals surface area (Å²) < 4.78 is 4.24. The SMILES string of the molecule is CCCNCc1cccn1CCn1cccn1. The molecule has 0 amide bonds. The van der Waals surface area contributed by atoms with Crippen LogP contribution in [0.4, 0.5) is 0 Å². The van der Waals surface area contributed by atoms with Crippen LogP contribution in [-0.4, -0.2) is 20.9 Å². The molecule has 4 nitrogen and oxygen atoms in total. The summed E-state index contributed by atoms with van der Waals surface area (Å²) in [5, 5.41) is 7.64. The second-order valence-corrected chi connectivity index (χ2v) is 4.14. The van der Waals surface area contributed by atoms with Gasteiger partial charge in [-0.25, -0.2) is 0 Å². The maximum atomic E-state index is 4.21. The van der Waals surface area contributed by atoms with Gasteiger partial charge in [0.05, 0.1) is 6.54 Å². The van der Waals surface area contributed by atoms with E-state index >= 15 is 0 Å². The van der Waals surface area contributed by atoms with Crippen LogP contribution >= 0.6 is 0 Å². The van der Waals surface area contributed by atoms with Crippen molar-refractivity contribution in [2.45, 2.75) is 33.0 Å². The molecule has 2 rings (SSSR count). The quantitative estimate of drug-likeness (QED) is 0.740. The number of hydrogen-bond donors (Lipinski definition) is 1. The Morgan fingerprint density at radius 1 is 1.24 bits per heavy atom. The molecule has 0 aliphatic rings. The molecule has 2 heterocycles. The summed E-state index contributed by atoms with van der Waals surface area (Å²) in [6.07, 6.45) is 7.12. The van der Waals surface area contributed by atoms with Crippen molar-refractivity contribution in [2.75, 3.05) is 6.54 Å². The summed E-state index contributed by atoms with van der Waals surface area (Å²) in [5.41, 5.74) is 1.34. The summed E-state index contributed by atoms with van der Waals surface area (Å²) in [6.45, 7) is 6.09. The van der Waals surface area contributed by atoms with Gasteiger partial charge < -0.3 is 9.88 Å². The average Bonchev–Trinajstić information content (AvgIpc) is 2.97. The van der Waals surface area contributed by atoms with Crippen molar-refractivity contribution < 1.29 is 0 Å². The van der Waals surface area contributed by atoms with Gasteiger partial charge in [-0.2, -0.15) is 5.10 Å². The minimum atomic E-state index is 0.919. The molecule has 1 N–H and O–H groups in total. The summed E-state index contributed by atoms with van der Waals surface area (Å²) in [5.74, 6) is 0. The van der Waals surface area contributed by atoms with Crippen molar-refractivity contribution >= 4 is 0 Å². The smallest absolute Gasteiger partial charge is 0.0588 e. The Morgan fingerprint density at radius 3 is 2.94 bits per heavy atom. The highest BCUT2D eigenvalue weighted by atomic mass is 15.3. The van der Waals surface area contributed by atoms with Gasteiger partial charge in [0, 0.05) is 37.4 Å². The van der Waals surface area contributed by atoms with E-state index in [1.807, 2.05) is 23.1 Å². The van der Waals surface area contributed by atoms with E-state index in [-0.39, 0.29) is 0 Å². The maximum Gasteiger partial charge on any atom is 0.0588 e. The van der Waals surface area contributed by atoms with E-state index in [0.29, 0.717) is 0 Å². The fourth-order valence-corrected chi connectivity index (χ4v) is 1.86. The van der Waals surface area contributed by atoms with Crippen LogP contribution in [0.2, 0.25) is 0 Å². The molecule has 0 spiro atoms. The average molecular weight is 232 g/mol. The van der Waals surface area contributed by atoms with E-state index in [1.165, 1.54) is 12.1 Å². The number of nitrogens with zero attached hydrogens (tertiary/aromatic N) is 3. The highest BCUT2D eigenvalue weighted by molar-refractivity contribution is 5.06. The van der Waals surface area contributed by atoms with Gasteiger partial charge in [-0.05, 0) is 31.2 Å². The Kier molecular flexibility index (Phi) is 4.38. The Morgan fingerprint density at radius 2 is 2.18 bits per heavy atom. The second-order valence-electron chi connectivity index (χ2n) is 4.14. The number of hydrogen-bond acceptors (Lipinski definition) is 2. The summed E-state index contributed by atoms with van der Waals surface area (Å²) >= 11 is 0. The van der Waals surface area contributed by atoms with Crippen LogP contribution in [0.3, 0.4) is 0 Å². The van der Waals surface area contributed by atoms with Gasteiger partial charge in [0.2, 0.25) is 0 Å². The van der Waals surface area contributed by atoms with Crippen molar-refractivity contribution in [3.8, 4) is 0 Å². The highest BCUT2D eigenvalue weighted by Crippen LogP contribution is 2.02. The highest BCUT2D eigenvalue weighted by Gasteiger charge is 2.00. The molecular weight excluding hydrogens is 212 g/mol. The van der Waals surface area contributed by atoms with E-state index in [1.54, 1.807) is 0 Å². The first-order valence-electron chi connectivity index (χ1n) is 6.22. The van der Waals surface area contributed by atoms with E-state index < -0.39 is 0 Å². The Balaban J connectivity index is 1.85. The van der Waals surface area contributed by atoms with Gasteiger partial charge in [0.1, 0.15) is 0 Å². The first-order valence-corrected chi connectivity index (χ1v) is 6.22. The number of aromatic nitrogens is 3. The molecule has 0 bridgehead atoms. The molecule has 2 aromatic rings. The third-order valence-electron chi connectivity index (χ3n) is 2.79. The molecular formula is C13H20N4. The maximum absolute atomic E-state index is 4.21. The lowest BCUT2D eigenvalue weighted by atomic mass is 10.4. The normalized spacial score (nSPS) is 10.9. The zero-order chi connectivity index (χ0) is 11.9. The van der Waals surface area contributed by atoms with Crippen LogP contribution in [0.5, 0.6) is 0 Å². The number of rotatable bonds is 7. The van der Waals surface area contributed by atoms with E-state index in [9.17, 15) is 0 Å². The lowest BCUT2D eigenvalue weighted by Gasteiger charge is -2.10. The zero-order valence-electron chi connectivity index (χ0n) is 10.3. The van der Waals surface area contributed by atoms with Crippen LogP contribution < -0.4 is 5.32 Å². The molecule has 2 aromatic heterocycles. The fourth-order valence-electron chi connectivity index (χ4n) is 1.86. The predicted octanol–water partition coefficient (Wildman–Crippen LogP) is 1.88. The molecule has 0 aliphatic carbocycles. The van der Waals surface area contributed by atoms with Crippen molar-refractivity contribution in [3.05, 3.63) is 42.5 Å². The summed E-state index contributed by atoms with van der Waals surface area (Å²) in [6, 6.07) is 6.23. The Bertz CT molecular complexity index is 416. The third-order valence-corrected chi connectivity index (χ3v) is 2.79. The van der Waals surface area contributed by atoms with Gasteiger partial charge in [0.25, 0.3) is 0 Å². The number of nitrogens with one attached hydrogen (secondary N) is 1. The van der Waals surface area contributed by atoms with Crippen LogP contribution in [0.25, 0.3) is 0 Å². The van der Waals surface area contributed by atoms with Crippen molar-refractivity contribution in [2.24, 2.45) is 0 Å². The van der Waals surface area contributed by atoms with Gasteiger partial charge in [-0.3, -0.25) is 4.68 Å². The molecule has 0 aliphatic heterocycles. The van der Waals surface area contributed by atoms with Gasteiger partial charge in [-0.15, -0.1) is 0 Å². The van der Waals surface area contributed by atoms with Crippen molar-refractivity contribution in [3.63, 3.8) is 0 Å². The third kappa shape index (κ3) is 3.46. The standard InChI is InChI=1S/C13H20N4/c1-2-6-14-12-13-5-3-8-16(13)10-11-17-9-4-7-15-17/h3-5,7-9,14H,2,6,10-12H2,1H3. The molecule has 0 radical (unpaired) electrons.